The van der Waals surface area contributed by atoms with Crippen LogP contribution in [0.4, 0.5) is 0 Å². The summed E-state index contributed by atoms with van der Waals surface area (Å²) < 4.78 is 14.5. The normalized spacial score (nSPS) is 12.9. The maximum absolute atomic E-state index is 11.9. The van der Waals surface area contributed by atoms with Crippen LogP contribution >= 0.6 is 0 Å². The molecular weight excluding hydrogens is 334 g/mol. The highest BCUT2D eigenvalue weighted by molar-refractivity contribution is 5.91. The van der Waals surface area contributed by atoms with Crippen molar-refractivity contribution in [3.05, 3.63) is 36.3 Å². The van der Waals surface area contributed by atoms with Gasteiger partial charge in [-0.25, -0.2) is 19.4 Å². The molecule has 0 saturated heterocycles. The highest BCUT2D eigenvalue weighted by Crippen LogP contribution is 2.34. The number of benzene rings is 1. The van der Waals surface area contributed by atoms with Gasteiger partial charge in [0.25, 0.3) is 0 Å². The Morgan fingerprint density at radius 1 is 1.31 bits per heavy atom. The van der Waals surface area contributed by atoms with Crippen molar-refractivity contribution >= 4 is 5.97 Å². The van der Waals surface area contributed by atoms with Crippen LogP contribution in [0.1, 0.15) is 30.2 Å². The first-order valence-electron chi connectivity index (χ1n) is 8.41. The van der Waals surface area contributed by atoms with E-state index in [4.69, 9.17) is 14.5 Å². The number of fused-ring (bicyclic) bond motifs is 3. The molecule has 3 aromatic rings. The lowest BCUT2D eigenvalue weighted by Crippen LogP contribution is -2.06. The fraction of sp³-hybridized carbons (Fsp3) is 0.333. The monoisotopic (exact) mass is 353 g/mol. The number of esters is 1. The molecule has 8 heteroatoms. The molecule has 0 bridgehead atoms. The molecule has 0 fully saturated rings. The Morgan fingerprint density at radius 2 is 2.15 bits per heavy atom. The van der Waals surface area contributed by atoms with E-state index in [2.05, 4.69) is 10.1 Å². The Hall–Kier alpha value is -3.16. The van der Waals surface area contributed by atoms with Gasteiger partial charge in [-0.3, -0.25) is 0 Å². The molecule has 3 heterocycles. The predicted molar refractivity (Wildman–Crippen MR) is 93.9 cm³/mol. The fourth-order valence-electron chi connectivity index (χ4n) is 3.05. The molecule has 26 heavy (non-hydrogen) atoms. The molecule has 0 radical (unpaired) electrons. The first-order valence-corrected chi connectivity index (χ1v) is 8.41. The zero-order chi connectivity index (χ0) is 18.3. The molecule has 0 atom stereocenters. The van der Waals surface area contributed by atoms with Gasteiger partial charge in [0, 0.05) is 12.2 Å². The van der Waals surface area contributed by atoms with E-state index in [1.54, 1.807) is 18.2 Å². The van der Waals surface area contributed by atoms with E-state index in [1.165, 1.54) is 13.4 Å². The Balaban J connectivity index is 1.85. The topological polar surface area (TPSA) is 84.1 Å². The molecule has 0 spiro atoms. The average molecular weight is 353 g/mol. The van der Waals surface area contributed by atoms with Gasteiger partial charge in [0.05, 0.1) is 24.8 Å². The summed E-state index contributed by atoms with van der Waals surface area (Å²) in [5.74, 6) is 1.75. The highest BCUT2D eigenvalue weighted by atomic mass is 16.5. The third kappa shape index (κ3) is 2.63. The van der Waals surface area contributed by atoms with Crippen LogP contribution < -0.4 is 4.74 Å². The van der Waals surface area contributed by atoms with Gasteiger partial charge in [-0.15, -0.1) is 0 Å². The maximum atomic E-state index is 11.9. The number of nitrogens with zero attached hydrogens (tertiary/aromatic N) is 5. The van der Waals surface area contributed by atoms with Gasteiger partial charge >= 0.3 is 5.97 Å². The van der Waals surface area contributed by atoms with Crippen LogP contribution in [-0.4, -0.2) is 44.0 Å². The fourth-order valence-corrected chi connectivity index (χ4v) is 3.05. The number of hydrogen-bond donors (Lipinski definition) is 0. The number of aromatic nitrogens is 5. The summed E-state index contributed by atoms with van der Waals surface area (Å²) in [7, 11) is 1.36. The molecular formula is C18H19N5O3. The van der Waals surface area contributed by atoms with Crippen LogP contribution in [0.25, 0.3) is 22.9 Å². The molecule has 1 aromatic carbocycles. The second-order valence-electron chi connectivity index (χ2n) is 6.32. The molecule has 0 saturated carbocycles. The zero-order valence-electron chi connectivity index (χ0n) is 14.8. The second kappa shape index (κ2) is 6.29. The molecule has 8 nitrogen and oxygen atoms in total. The van der Waals surface area contributed by atoms with Gasteiger partial charge in [0.15, 0.2) is 5.82 Å². The molecule has 4 rings (SSSR count). The Kier molecular flexibility index (Phi) is 3.95. The number of rotatable bonds is 3. The minimum atomic E-state index is -0.394. The minimum absolute atomic E-state index is 0.176. The van der Waals surface area contributed by atoms with Crippen LogP contribution in [0, 0.1) is 0 Å². The van der Waals surface area contributed by atoms with Gasteiger partial charge in [-0.05, 0) is 32.0 Å². The lowest BCUT2D eigenvalue weighted by Gasteiger charge is -2.08. The average Bonchev–Trinajstić information content (AvgIpc) is 3.25. The van der Waals surface area contributed by atoms with Gasteiger partial charge in [0.2, 0.25) is 0 Å². The predicted octanol–water partition coefficient (Wildman–Crippen LogP) is 2.57. The number of imidazole rings is 1. The number of methoxy groups -OCH3 is 1. The van der Waals surface area contributed by atoms with Crippen molar-refractivity contribution < 1.29 is 14.3 Å². The second-order valence-corrected chi connectivity index (χ2v) is 6.32. The van der Waals surface area contributed by atoms with Crippen molar-refractivity contribution in [2.24, 2.45) is 0 Å². The molecule has 1 aliphatic rings. The molecule has 0 amide bonds. The summed E-state index contributed by atoms with van der Waals surface area (Å²) in [6.07, 6.45) is 3.48. The molecule has 1 aliphatic heterocycles. The molecule has 0 aliphatic carbocycles. The standard InChI is InChI=1S/C18H19N5O3/c1-11(2)23-17(19-10-20-23)14-9-22-6-7-26-15-5-4-12(18(24)25-3)8-13(15)16(22)21-14/h4-5,8-11H,6-7H2,1-3H3. The third-order valence-corrected chi connectivity index (χ3v) is 4.30. The van der Waals surface area contributed by atoms with Crippen molar-refractivity contribution in [1.82, 2.24) is 24.3 Å². The first-order chi connectivity index (χ1) is 12.6. The number of carbonyl (C=O) groups is 1. The van der Waals surface area contributed by atoms with E-state index in [0.717, 1.165) is 17.1 Å². The van der Waals surface area contributed by atoms with Crippen molar-refractivity contribution in [2.45, 2.75) is 26.4 Å². The van der Waals surface area contributed by atoms with E-state index in [-0.39, 0.29) is 6.04 Å². The SMILES string of the molecule is COC(=O)c1ccc2c(c1)-c1nc(-c3ncnn3C(C)C)cn1CCO2. The Labute approximate surface area is 150 Å². The molecule has 0 unspecified atom stereocenters. The molecule has 134 valence electrons. The van der Waals surface area contributed by atoms with Crippen LogP contribution in [0.2, 0.25) is 0 Å². The van der Waals surface area contributed by atoms with Crippen LogP contribution in [-0.2, 0) is 11.3 Å². The van der Waals surface area contributed by atoms with Crippen molar-refractivity contribution in [3.8, 4) is 28.7 Å². The van der Waals surface area contributed by atoms with Gasteiger partial charge in [0.1, 0.15) is 30.2 Å². The highest BCUT2D eigenvalue weighted by Gasteiger charge is 2.22. The number of ether oxygens (including phenoxy) is 2. The summed E-state index contributed by atoms with van der Waals surface area (Å²) in [4.78, 5) is 21.0. The lowest BCUT2D eigenvalue weighted by atomic mass is 10.1. The van der Waals surface area contributed by atoms with Gasteiger partial charge < -0.3 is 14.0 Å². The summed E-state index contributed by atoms with van der Waals surface area (Å²) in [6.45, 7) is 5.26. The van der Waals surface area contributed by atoms with Crippen molar-refractivity contribution in [1.29, 1.82) is 0 Å². The van der Waals surface area contributed by atoms with E-state index in [0.29, 0.717) is 30.3 Å². The van der Waals surface area contributed by atoms with Crippen molar-refractivity contribution in [2.75, 3.05) is 13.7 Å². The van der Waals surface area contributed by atoms with Crippen LogP contribution in [0.3, 0.4) is 0 Å². The van der Waals surface area contributed by atoms with E-state index in [1.807, 2.05) is 29.3 Å². The summed E-state index contributed by atoms with van der Waals surface area (Å²) >= 11 is 0. The summed E-state index contributed by atoms with van der Waals surface area (Å²) in [6, 6.07) is 5.40. The van der Waals surface area contributed by atoms with Crippen LogP contribution in [0.15, 0.2) is 30.7 Å². The maximum Gasteiger partial charge on any atom is 0.337 e. The minimum Gasteiger partial charge on any atom is -0.491 e. The quantitative estimate of drug-likeness (QED) is 0.673. The van der Waals surface area contributed by atoms with Gasteiger partial charge in [-0.2, -0.15) is 5.10 Å². The van der Waals surface area contributed by atoms with E-state index in [9.17, 15) is 4.79 Å². The van der Waals surface area contributed by atoms with Crippen molar-refractivity contribution in [3.63, 3.8) is 0 Å². The van der Waals surface area contributed by atoms with E-state index >= 15 is 0 Å². The number of carbonyl (C=O) groups excluding carboxylic acids is 1. The zero-order valence-corrected chi connectivity index (χ0v) is 14.8. The summed E-state index contributed by atoms with van der Waals surface area (Å²) in [5, 5.41) is 4.28. The Morgan fingerprint density at radius 3 is 2.92 bits per heavy atom. The Bertz CT molecular complexity index is 973. The lowest BCUT2D eigenvalue weighted by molar-refractivity contribution is 0.0600. The third-order valence-electron chi connectivity index (χ3n) is 4.30. The van der Waals surface area contributed by atoms with Crippen LogP contribution in [0.5, 0.6) is 5.75 Å². The number of hydrogen-bond acceptors (Lipinski definition) is 6. The molecule has 2 aromatic heterocycles. The first kappa shape index (κ1) is 16.3. The smallest absolute Gasteiger partial charge is 0.337 e. The summed E-state index contributed by atoms with van der Waals surface area (Å²) in [5.41, 5.74) is 1.95. The van der Waals surface area contributed by atoms with E-state index < -0.39 is 5.97 Å². The molecule has 0 N–H and O–H groups in total. The van der Waals surface area contributed by atoms with Gasteiger partial charge in [-0.1, -0.05) is 0 Å². The largest absolute Gasteiger partial charge is 0.491 e.